The Bertz CT molecular complexity index is 1260. The topological polar surface area (TPSA) is 78.3 Å². The molecule has 0 saturated heterocycles. The minimum absolute atomic E-state index is 0.0606. The number of thioether (sulfide) groups is 1. The lowest BCUT2D eigenvalue weighted by Crippen LogP contribution is -2.23. The fraction of sp³-hybridized carbons (Fsp3) is 0.222. The number of rotatable bonds is 11. The van der Waals surface area contributed by atoms with E-state index in [0.717, 1.165) is 39.5 Å². The summed E-state index contributed by atoms with van der Waals surface area (Å²) >= 11 is 1.61. The first-order valence-corrected chi connectivity index (χ1v) is 12.3. The number of benzene rings is 3. The number of ether oxygens (including phenoxy) is 2. The van der Waals surface area contributed by atoms with Crippen molar-refractivity contribution in [2.75, 3.05) is 14.2 Å². The number of amides is 1. The van der Waals surface area contributed by atoms with Gasteiger partial charge < -0.3 is 14.8 Å². The van der Waals surface area contributed by atoms with Crippen molar-refractivity contribution in [1.29, 1.82) is 0 Å². The monoisotopic (exact) mass is 488 g/mol. The Hall–Kier alpha value is -3.78. The van der Waals surface area contributed by atoms with Crippen molar-refractivity contribution >= 4 is 17.7 Å². The van der Waals surface area contributed by atoms with Crippen molar-refractivity contribution in [3.63, 3.8) is 0 Å². The average Bonchev–Trinajstić information content (AvgIpc) is 3.33. The van der Waals surface area contributed by atoms with Crippen molar-refractivity contribution in [1.82, 2.24) is 20.1 Å². The van der Waals surface area contributed by atoms with Crippen LogP contribution in [0.3, 0.4) is 0 Å². The van der Waals surface area contributed by atoms with E-state index in [-0.39, 0.29) is 5.91 Å². The number of aryl methyl sites for hydroxylation is 1. The normalized spacial score (nSPS) is 10.7. The molecule has 0 radical (unpaired) electrons. The zero-order chi connectivity index (χ0) is 24.5. The summed E-state index contributed by atoms with van der Waals surface area (Å²) in [5.74, 6) is 2.93. The summed E-state index contributed by atoms with van der Waals surface area (Å²) in [6.45, 7) is 0.406. The van der Waals surface area contributed by atoms with E-state index in [1.807, 2.05) is 71.3 Å². The predicted molar refractivity (Wildman–Crippen MR) is 137 cm³/mol. The highest BCUT2D eigenvalue weighted by atomic mass is 32.2. The molecule has 0 aliphatic heterocycles. The van der Waals surface area contributed by atoms with Crippen LogP contribution >= 0.6 is 11.8 Å². The van der Waals surface area contributed by atoms with Crippen molar-refractivity contribution in [3.05, 3.63) is 95.8 Å². The Morgan fingerprint density at radius 2 is 1.74 bits per heavy atom. The third-order valence-electron chi connectivity index (χ3n) is 5.47. The number of carbonyl (C=O) groups excluding carboxylic acids is 1. The second-order valence-corrected chi connectivity index (χ2v) is 8.74. The predicted octanol–water partition coefficient (Wildman–Crippen LogP) is 4.83. The molecule has 180 valence electrons. The van der Waals surface area contributed by atoms with E-state index in [2.05, 4.69) is 27.6 Å². The van der Waals surface area contributed by atoms with Crippen LogP contribution in [0.25, 0.3) is 5.69 Å². The van der Waals surface area contributed by atoms with Gasteiger partial charge >= 0.3 is 0 Å². The highest BCUT2D eigenvalue weighted by Crippen LogP contribution is 2.27. The third-order valence-corrected chi connectivity index (χ3v) is 6.47. The molecule has 0 aliphatic rings. The van der Waals surface area contributed by atoms with E-state index in [1.165, 1.54) is 5.56 Å². The Morgan fingerprint density at radius 1 is 0.943 bits per heavy atom. The Labute approximate surface area is 209 Å². The van der Waals surface area contributed by atoms with Gasteiger partial charge in [0.15, 0.2) is 5.16 Å². The smallest absolute Gasteiger partial charge is 0.220 e. The van der Waals surface area contributed by atoms with Gasteiger partial charge in [0.25, 0.3) is 0 Å². The Kier molecular flexibility index (Phi) is 8.40. The van der Waals surface area contributed by atoms with Gasteiger partial charge in [-0.15, -0.1) is 10.2 Å². The molecule has 1 amide bonds. The van der Waals surface area contributed by atoms with E-state index < -0.39 is 0 Å². The highest BCUT2D eigenvalue weighted by Gasteiger charge is 2.17. The maximum atomic E-state index is 12.6. The van der Waals surface area contributed by atoms with Crippen LogP contribution in [0.4, 0.5) is 0 Å². The fourth-order valence-corrected chi connectivity index (χ4v) is 4.57. The molecule has 1 aromatic heterocycles. The van der Waals surface area contributed by atoms with Crippen LogP contribution in [0.2, 0.25) is 0 Å². The molecule has 0 bridgehead atoms. The lowest BCUT2D eigenvalue weighted by atomic mass is 10.2. The first-order valence-electron chi connectivity index (χ1n) is 11.3. The first-order chi connectivity index (χ1) is 17.2. The van der Waals surface area contributed by atoms with E-state index in [1.54, 1.807) is 26.0 Å². The van der Waals surface area contributed by atoms with Gasteiger partial charge in [-0.1, -0.05) is 66.4 Å². The third kappa shape index (κ3) is 6.42. The summed E-state index contributed by atoms with van der Waals surface area (Å²) < 4.78 is 12.8. The summed E-state index contributed by atoms with van der Waals surface area (Å²) in [5, 5.41) is 12.6. The summed E-state index contributed by atoms with van der Waals surface area (Å²) in [7, 11) is 3.27. The van der Waals surface area contributed by atoms with E-state index in [0.29, 0.717) is 19.4 Å². The molecule has 0 fully saturated rings. The van der Waals surface area contributed by atoms with Crippen LogP contribution in [0.1, 0.15) is 23.4 Å². The van der Waals surface area contributed by atoms with Crippen molar-refractivity contribution in [3.8, 4) is 17.2 Å². The van der Waals surface area contributed by atoms with Crippen LogP contribution in [0, 0.1) is 0 Å². The van der Waals surface area contributed by atoms with Gasteiger partial charge in [0.1, 0.15) is 17.3 Å². The van der Waals surface area contributed by atoms with Gasteiger partial charge in [0, 0.05) is 36.8 Å². The maximum absolute atomic E-state index is 12.6. The number of nitrogens with zero attached hydrogens (tertiary/aromatic N) is 3. The van der Waals surface area contributed by atoms with Gasteiger partial charge in [0.2, 0.25) is 5.91 Å². The molecular weight excluding hydrogens is 460 g/mol. The van der Waals surface area contributed by atoms with Gasteiger partial charge in [0.05, 0.1) is 19.9 Å². The second-order valence-electron chi connectivity index (χ2n) is 7.80. The lowest BCUT2D eigenvalue weighted by molar-refractivity contribution is -0.121. The first kappa shape index (κ1) is 24.3. The number of methoxy groups -OCH3 is 2. The zero-order valence-corrected chi connectivity index (χ0v) is 20.6. The Balaban J connectivity index is 1.48. The van der Waals surface area contributed by atoms with Gasteiger partial charge in [-0.3, -0.25) is 9.36 Å². The summed E-state index contributed by atoms with van der Waals surface area (Å²) in [6, 6.07) is 25.7. The molecule has 0 atom stereocenters. The van der Waals surface area contributed by atoms with Crippen LogP contribution in [-0.2, 0) is 23.5 Å². The standard InChI is InChI=1S/C27H28N4O3S/c1-33-23-13-8-12-22(17-23)31-25(29-30-27(31)35-19-20-9-4-3-5-10-20)15-16-26(32)28-18-21-11-6-7-14-24(21)34-2/h3-14,17H,15-16,18-19H2,1-2H3,(H,28,32). The quantitative estimate of drug-likeness (QED) is 0.305. The molecule has 0 spiro atoms. The van der Waals surface area contributed by atoms with Crippen molar-refractivity contribution in [2.45, 2.75) is 30.3 Å². The molecule has 0 unspecified atom stereocenters. The van der Waals surface area contributed by atoms with Gasteiger partial charge in [-0.25, -0.2) is 0 Å². The maximum Gasteiger partial charge on any atom is 0.220 e. The molecule has 0 aliphatic carbocycles. The number of hydrogen-bond donors (Lipinski definition) is 1. The summed E-state index contributed by atoms with van der Waals surface area (Å²) in [4.78, 5) is 12.6. The lowest BCUT2D eigenvalue weighted by Gasteiger charge is -2.12. The minimum Gasteiger partial charge on any atom is -0.497 e. The van der Waals surface area contributed by atoms with E-state index in [4.69, 9.17) is 9.47 Å². The molecule has 4 rings (SSSR count). The van der Waals surface area contributed by atoms with Gasteiger partial charge in [-0.2, -0.15) is 0 Å². The highest BCUT2D eigenvalue weighted by molar-refractivity contribution is 7.98. The minimum atomic E-state index is -0.0606. The van der Waals surface area contributed by atoms with Crippen LogP contribution in [0.15, 0.2) is 84.0 Å². The largest absolute Gasteiger partial charge is 0.497 e. The number of carbonyl (C=O) groups is 1. The number of nitrogens with one attached hydrogen (secondary N) is 1. The number of para-hydroxylation sites is 1. The molecule has 1 heterocycles. The number of hydrogen-bond acceptors (Lipinski definition) is 6. The molecule has 0 saturated carbocycles. The molecular formula is C27H28N4O3S. The van der Waals surface area contributed by atoms with Crippen LogP contribution < -0.4 is 14.8 Å². The van der Waals surface area contributed by atoms with Gasteiger partial charge in [-0.05, 0) is 23.8 Å². The van der Waals surface area contributed by atoms with Crippen molar-refractivity contribution < 1.29 is 14.3 Å². The Morgan fingerprint density at radius 3 is 2.54 bits per heavy atom. The molecule has 4 aromatic rings. The van der Waals surface area contributed by atoms with Crippen molar-refractivity contribution in [2.24, 2.45) is 0 Å². The SMILES string of the molecule is COc1cccc(-n2c(CCC(=O)NCc3ccccc3OC)nnc2SCc2ccccc2)c1. The fourth-order valence-electron chi connectivity index (χ4n) is 3.64. The number of aromatic nitrogens is 3. The van der Waals surface area contributed by atoms with E-state index in [9.17, 15) is 4.79 Å². The molecule has 7 nitrogen and oxygen atoms in total. The zero-order valence-electron chi connectivity index (χ0n) is 19.8. The average molecular weight is 489 g/mol. The molecule has 3 aromatic carbocycles. The molecule has 1 N–H and O–H groups in total. The molecule has 35 heavy (non-hydrogen) atoms. The molecule has 8 heteroatoms. The summed E-state index contributed by atoms with van der Waals surface area (Å²) in [6.07, 6.45) is 0.745. The van der Waals surface area contributed by atoms with E-state index >= 15 is 0 Å². The van der Waals surface area contributed by atoms with Crippen LogP contribution in [-0.4, -0.2) is 34.9 Å². The second kappa shape index (κ2) is 12.1. The van der Waals surface area contributed by atoms with Crippen LogP contribution in [0.5, 0.6) is 11.5 Å². The summed E-state index contributed by atoms with van der Waals surface area (Å²) in [5.41, 5.74) is 3.03.